The Hall–Kier alpha value is -2.37. The van der Waals surface area contributed by atoms with E-state index in [1.807, 2.05) is 13.0 Å². The van der Waals surface area contributed by atoms with Crippen LogP contribution in [0.15, 0.2) is 28.8 Å². The number of aryl methyl sites for hydroxylation is 2. The number of carbonyl (C=O) groups is 1. The van der Waals surface area contributed by atoms with Crippen molar-refractivity contribution < 1.29 is 13.7 Å². The summed E-state index contributed by atoms with van der Waals surface area (Å²) in [7, 11) is 0. The Labute approximate surface area is 128 Å². The molecule has 1 aromatic heterocycles. The van der Waals surface area contributed by atoms with Crippen molar-refractivity contribution in [1.82, 2.24) is 10.1 Å². The first kappa shape index (κ1) is 14.6. The van der Waals surface area contributed by atoms with Gasteiger partial charge in [-0.15, -0.1) is 0 Å². The Morgan fingerprint density at radius 1 is 1.41 bits per heavy atom. The van der Waals surface area contributed by atoms with Crippen LogP contribution in [0, 0.1) is 19.7 Å². The standard InChI is InChI=1S/C16H18FN3O2/c1-10-5-6-12(9-13(10)17)18-16(21)20-7-3-4-14(20)15-8-11(2)19-22-15/h5-6,8-9,14H,3-4,7H2,1-2H3,(H,18,21)/t14-/m1/s1. The van der Waals surface area contributed by atoms with Crippen LogP contribution in [-0.2, 0) is 0 Å². The number of anilines is 1. The highest BCUT2D eigenvalue weighted by atomic mass is 19.1. The van der Waals surface area contributed by atoms with E-state index < -0.39 is 0 Å². The molecule has 116 valence electrons. The molecule has 1 aromatic carbocycles. The number of urea groups is 1. The van der Waals surface area contributed by atoms with Gasteiger partial charge >= 0.3 is 6.03 Å². The van der Waals surface area contributed by atoms with Crippen molar-refractivity contribution in [3.8, 4) is 0 Å². The molecule has 1 fully saturated rings. The molecular weight excluding hydrogens is 285 g/mol. The maximum Gasteiger partial charge on any atom is 0.322 e. The second kappa shape index (κ2) is 5.79. The fourth-order valence-corrected chi connectivity index (χ4v) is 2.71. The monoisotopic (exact) mass is 303 g/mol. The van der Waals surface area contributed by atoms with E-state index in [1.54, 1.807) is 24.0 Å². The zero-order valence-corrected chi connectivity index (χ0v) is 12.6. The predicted molar refractivity (Wildman–Crippen MR) is 80.1 cm³/mol. The topological polar surface area (TPSA) is 58.4 Å². The van der Waals surface area contributed by atoms with Crippen LogP contribution in [0.5, 0.6) is 0 Å². The maximum atomic E-state index is 13.6. The Morgan fingerprint density at radius 3 is 2.91 bits per heavy atom. The largest absolute Gasteiger partial charge is 0.359 e. The van der Waals surface area contributed by atoms with E-state index in [9.17, 15) is 9.18 Å². The summed E-state index contributed by atoms with van der Waals surface area (Å²) in [5.41, 5.74) is 1.80. The van der Waals surface area contributed by atoms with E-state index >= 15 is 0 Å². The molecule has 0 bridgehead atoms. The molecule has 0 saturated carbocycles. The van der Waals surface area contributed by atoms with Crippen LogP contribution < -0.4 is 5.32 Å². The summed E-state index contributed by atoms with van der Waals surface area (Å²) in [6.45, 7) is 4.18. The third-order valence-electron chi connectivity index (χ3n) is 3.91. The van der Waals surface area contributed by atoms with Crippen LogP contribution in [0.1, 0.15) is 35.9 Å². The number of carbonyl (C=O) groups excluding carboxylic acids is 1. The van der Waals surface area contributed by atoms with Gasteiger partial charge in [0.2, 0.25) is 0 Å². The summed E-state index contributed by atoms with van der Waals surface area (Å²) in [5.74, 6) is 0.363. The van der Waals surface area contributed by atoms with E-state index in [0.717, 1.165) is 18.5 Å². The van der Waals surface area contributed by atoms with E-state index in [2.05, 4.69) is 10.5 Å². The van der Waals surface area contributed by atoms with E-state index in [0.29, 0.717) is 23.6 Å². The molecule has 2 amide bonds. The van der Waals surface area contributed by atoms with Crippen LogP contribution in [0.2, 0.25) is 0 Å². The third-order valence-corrected chi connectivity index (χ3v) is 3.91. The number of aromatic nitrogens is 1. The first-order chi connectivity index (χ1) is 10.5. The fourth-order valence-electron chi connectivity index (χ4n) is 2.71. The maximum absolute atomic E-state index is 13.6. The predicted octanol–water partition coefficient (Wildman–Crippen LogP) is 3.80. The zero-order valence-electron chi connectivity index (χ0n) is 12.6. The first-order valence-electron chi connectivity index (χ1n) is 7.31. The second-order valence-corrected chi connectivity index (χ2v) is 5.62. The number of likely N-dealkylation sites (tertiary alicyclic amines) is 1. The highest BCUT2D eigenvalue weighted by Crippen LogP contribution is 2.32. The van der Waals surface area contributed by atoms with Gasteiger partial charge in [-0.1, -0.05) is 11.2 Å². The Morgan fingerprint density at radius 2 is 2.23 bits per heavy atom. The lowest BCUT2D eigenvalue weighted by Gasteiger charge is -2.23. The van der Waals surface area contributed by atoms with Crippen molar-refractivity contribution in [3.05, 3.63) is 47.1 Å². The number of amides is 2. The lowest BCUT2D eigenvalue weighted by Crippen LogP contribution is -2.34. The summed E-state index contributed by atoms with van der Waals surface area (Å²) in [5, 5.41) is 6.62. The van der Waals surface area contributed by atoms with Gasteiger partial charge in [0.15, 0.2) is 5.76 Å². The SMILES string of the molecule is Cc1cc([C@H]2CCCN2C(=O)Nc2ccc(C)c(F)c2)on1. The Kier molecular flexibility index (Phi) is 3.83. The highest BCUT2D eigenvalue weighted by molar-refractivity contribution is 5.89. The molecule has 0 radical (unpaired) electrons. The molecule has 0 aliphatic carbocycles. The highest BCUT2D eigenvalue weighted by Gasteiger charge is 2.32. The number of hydrogen-bond acceptors (Lipinski definition) is 3. The molecule has 5 nitrogen and oxygen atoms in total. The molecule has 1 atom stereocenters. The van der Waals surface area contributed by atoms with E-state index in [-0.39, 0.29) is 17.9 Å². The number of hydrogen-bond donors (Lipinski definition) is 1. The smallest absolute Gasteiger partial charge is 0.322 e. The number of rotatable bonds is 2. The Bertz CT molecular complexity index is 698. The van der Waals surface area contributed by atoms with Crippen molar-refractivity contribution >= 4 is 11.7 Å². The van der Waals surface area contributed by atoms with Crippen LogP contribution in [-0.4, -0.2) is 22.6 Å². The summed E-state index contributed by atoms with van der Waals surface area (Å²) in [6, 6.07) is 6.15. The van der Waals surface area contributed by atoms with Crippen molar-refractivity contribution in [2.75, 3.05) is 11.9 Å². The molecular formula is C16H18FN3O2. The lowest BCUT2D eigenvalue weighted by molar-refractivity contribution is 0.195. The number of nitrogens with one attached hydrogen (secondary N) is 1. The molecule has 1 saturated heterocycles. The van der Waals surface area contributed by atoms with Crippen molar-refractivity contribution in [2.24, 2.45) is 0 Å². The summed E-state index contributed by atoms with van der Waals surface area (Å²) >= 11 is 0. The second-order valence-electron chi connectivity index (χ2n) is 5.62. The van der Waals surface area contributed by atoms with Crippen LogP contribution in [0.25, 0.3) is 0 Å². The first-order valence-corrected chi connectivity index (χ1v) is 7.31. The van der Waals surface area contributed by atoms with Gasteiger partial charge in [-0.3, -0.25) is 0 Å². The zero-order chi connectivity index (χ0) is 15.7. The van der Waals surface area contributed by atoms with Gasteiger partial charge in [-0.25, -0.2) is 9.18 Å². The average molecular weight is 303 g/mol. The number of nitrogens with zero attached hydrogens (tertiary/aromatic N) is 2. The van der Waals surface area contributed by atoms with Gasteiger partial charge in [0.05, 0.1) is 11.7 Å². The minimum Gasteiger partial charge on any atom is -0.359 e. The number of benzene rings is 1. The quantitative estimate of drug-likeness (QED) is 0.918. The molecule has 1 N–H and O–H groups in total. The van der Waals surface area contributed by atoms with Crippen LogP contribution in [0.4, 0.5) is 14.9 Å². The molecule has 2 aromatic rings. The third kappa shape index (κ3) is 2.81. The molecule has 3 rings (SSSR count). The van der Waals surface area contributed by atoms with Gasteiger partial charge in [-0.2, -0.15) is 0 Å². The number of halogens is 1. The van der Waals surface area contributed by atoms with E-state index in [1.165, 1.54) is 6.07 Å². The molecule has 6 heteroatoms. The molecule has 1 aliphatic rings. The van der Waals surface area contributed by atoms with Crippen molar-refractivity contribution in [1.29, 1.82) is 0 Å². The summed E-state index contributed by atoms with van der Waals surface area (Å²) in [4.78, 5) is 14.1. The molecule has 0 unspecified atom stereocenters. The van der Waals surface area contributed by atoms with Gasteiger partial charge in [0.25, 0.3) is 0 Å². The fraction of sp³-hybridized carbons (Fsp3) is 0.375. The van der Waals surface area contributed by atoms with Gasteiger partial charge in [0, 0.05) is 18.3 Å². The van der Waals surface area contributed by atoms with Crippen molar-refractivity contribution in [2.45, 2.75) is 32.7 Å². The van der Waals surface area contributed by atoms with Crippen LogP contribution >= 0.6 is 0 Å². The van der Waals surface area contributed by atoms with Crippen LogP contribution in [0.3, 0.4) is 0 Å². The minimum atomic E-state index is -0.332. The minimum absolute atomic E-state index is 0.114. The Balaban J connectivity index is 1.74. The molecule has 22 heavy (non-hydrogen) atoms. The lowest BCUT2D eigenvalue weighted by atomic mass is 10.1. The molecule has 1 aliphatic heterocycles. The normalized spacial score (nSPS) is 17.8. The summed E-state index contributed by atoms with van der Waals surface area (Å²) in [6.07, 6.45) is 1.74. The van der Waals surface area contributed by atoms with Gasteiger partial charge in [-0.05, 0) is 44.4 Å². The van der Waals surface area contributed by atoms with E-state index in [4.69, 9.17) is 4.52 Å². The molecule has 2 heterocycles. The van der Waals surface area contributed by atoms with Crippen molar-refractivity contribution in [3.63, 3.8) is 0 Å². The average Bonchev–Trinajstić information content (AvgIpc) is 3.11. The summed E-state index contributed by atoms with van der Waals surface area (Å²) < 4.78 is 18.8. The van der Waals surface area contributed by atoms with Gasteiger partial charge in [0.1, 0.15) is 5.82 Å². The molecule has 0 spiro atoms. The van der Waals surface area contributed by atoms with Gasteiger partial charge < -0.3 is 14.7 Å².